The van der Waals surface area contributed by atoms with Crippen molar-refractivity contribution in [2.24, 2.45) is 0 Å². The van der Waals surface area contributed by atoms with Crippen molar-refractivity contribution in [2.45, 2.75) is 13.0 Å². The van der Waals surface area contributed by atoms with Gasteiger partial charge in [-0.25, -0.2) is 4.79 Å². The number of hydrogen-bond donors (Lipinski definition) is 1. The molecule has 6 heteroatoms. The van der Waals surface area contributed by atoms with Crippen LogP contribution in [0.5, 0.6) is 0 Å². The summed E-state index contributed by atoms with van der Waals surface area (Å²) < 4.78 is 11.6. The number of aromatic carboxylic acids is 1. The van der Waals surface area contributed by atoms with Gasteiger partial charge in [0.2, 0.25) is 0 Å². The molecule has 6 nitrogen and oxygen atoms in total. The van der Waals surface area contributed by atoms with Crippen LogP contribution >= 0.6 is 0 Å². The van der Waals surface area contributed by atoms with Crippen molar-refractivity contribution < 1.29 is 19.4 Å². The average molecular weight is 228 g/mol. The van der Waals surface area contributed by atoms with Gasteiger partial charge in [0.1, 0.15) is 5.69 Å². The zero-order valence-corrected chi connectivity index (χ0v) is 9.26. The lowest BCUT2D eigenvalue weighted by Crippen LogP contribution is -2.14. The first-order valence-electron chi connectivity index (χ1n) is 5.07. The van der Waals surface area contributed by atoms with E-state index in [4.69, 9.17) is 14.6 Å². The van der Waals surface area contributed by atoms with Gasteiger partial charge in [0.15, 0.2) is 0 Å². The molecule has 0 unspecified atom stereocenters. The molecule has 0 spiro atoms. The maximum absolute atomic E-state index is 10.7. The summed E-state index contributed by atoms with van der Waals surface area (Å²) in [5, 5.41) is 12.7. The summed E-state index contributed by atoms with van der Waals surface area (Å²) in [4.78, 5) is 10.7. The van der Waals surface area contributed by atoms with E-state index >= 15 is 0 Å². The number of methoxy groups -OCH3 is 1. The van der Waals surface area contributed by atoms with E-state index < -0.39 is 5.97 Å². The Kier molecular flexibility index (Phi) is 5.52. The fourth-order valence-corrected chi connectivity index (χ4v) is 1.25. The summed E-state index contributed by atoms with van der Waals surface area (Å²) in [6, 6.07) is 1.47. The Morgan fingerprint density at radius 1 is 1.50 bits per heavy atom. The molecule has 1 heterocycles. The standard InChI is InChI=1S/C10H16N2O4/c1-15-6-2-7-16-8-5-12-9(10(13)14)3-4-11-12/h3-4H,2,5-8H2,1H3,(H,13,14). The van der Waals surface area contributed by atoms with E-state index in [-0.39, 0.29) is 5.69 Å². The van der Waals surface area contributed by atoms with Gasteiger partial charge in [-0.3, -0.25) is 4.68 Å². The lowest BCUT2D eigenvalue weighted by Gasteiger charge is -2.05. The molecule has 0 aliphatic heterocycles. The molecule has 0 saturated carbocycles. The van der Waals surface area contributed by atoms with Crippen LogP contribution in [0.1, 0.15) is 16.9 Å². The highest BCUT2D eigenvalue weighted by atomic mass is 16.5. The van der Waals surface area contributed by atoms with Crippen LogP contribution in [-0.4, -0.2) is 47.8 Å². The molecule has 0 bridgehead atoms. The Morgan fingerprint density at radius 3 is 3.00 bits per heavy atom. The first-order valence-corrected chi connectivity index (χ1v) is 5.07. The van der Waals surface area contributed by atoms with Gasteiger partial charge in [0.25, 0.3) is 0 Å². The smallest absolute Gasteiger partial charge is 0.354 e. The second-order valence-electron chi connectivity index (χ2n) is 3.20. The van der Waals surface area contributed by atoms with Crippen molar-refractivity contribution in [1.29, 1.82) is 0 Å². The number of nitrogens with zero attached hydrogens (tertiary/aromatic N) is 2. The van der Waals surface area contributed by atoms with Crippen LogP contribution in [0.3, 0.4) is 0 Å². The number of carboxylic acid groups (broad SMARTS) is 1. The summed E-state index contributed by atoms with van der Waals surface area (Å²) in [5.74, 6) is -0.975. The van der Waals surface area contributed by atoms with Crippen molar-refractivity contribution in [2.75, 3.05) is 26.9 Å². The van der Waals surface area contributed by atoms with Crippen molar-refractivity contribution in [3.63, 3.8) is 0 Å². The average Bonchev–Trinajstić information content (AvgIpc) is 2.71. The molecule has 0 aromatic carbocycles. The molecule has 1 aromatic rings. The Labute approximate surface area is 93.8 Å². The van der Waals surface area contributed by atoms with Gasteiger partial charge in [-0.1, -0.05) is 0 Å². The molecule has 16 heavy (non-hydrogen) atoms. The molecule has 0 amide bonds. The van der Waals surface area contributed by atoms with Gasteiger partial charge in [-0.2, -0.15) is 5.10 Å². The van der Waals surface area contributed by atoms with E-state index in [2.05, 4.69) is 5.10 Å². The van der Waals surface area contributed by atoms with Crippen LogP contribution in [0.4, 0.5) is 0 Å². The molecule has 0 aliphatic rings. The molecule has 0 radical (unpaired) electrons. The zero-order valence-electron chi connectivity index (χ0n) is 9.26. The number of rotatable bonds is 8. The molecule has 0 atom stereocenters. The molecular formula is C10H16N2O4. The summed E-state index contributed by atoms with van der Waals surface area (Å²) in [6.45, 7) is 2.17. The third-order valence-electron chi connectivity index (χ3n) is 2.02. The highest BCUT2D eigenvalue weighted by molar-refractivity contribution is 5.85. The van der Waals surface area contributed by atoms with Crippen LogP contribution in [-0.2, 0) is 16.0 Å². The SMILES string of the molecule is COCCCOCCn1nccc1C(=O)O. The van der Waals surface area contributed by atoms with Crippen LogP contribution in [0.15, 0.2) is 12.3 Å². The zero-order chi connectivity index (χ0) is 11.8. The summed E-state index contributed by atoms with van der Waals surface area (Å²) in [6.07, 6.45) is 2.30. The Hall–Kier alpha value is -1.40. The highest BCUT2D eigenvalue weighted by Gasteiger charge is 2.08. The number of aromatic nitrogens is 2. The molecule has 1 aromatic heterocycles. The minimum absolute atomic E-state index is 0.181. The van der Waals surface area contributed by atoms with E-state index in [1.54, 1.807) is 7.11 Å². The minimum Gasteiger partial charge on any atom is -0.477 e. The number of carbonyl (C=O) groups is 1. The van der Waals surface area contributed by atoms with Crippen LogP contribution < -0.4 is 0 Å². The molecule has 0 fully saturated rings. The van der Waals surface area contributed by atoms with E-state index in [1.165, 1.54) is 16.9 Å². The maximum Gasteiger partial charge on any atom is 0.354 e. The summed E-state index contributed by atoms with van der Waals surface area (Å²) in [5.41, 5.74) is 0.181. The molecule has 1 N–H and O–H groups in total. The number of ether oxygens (including phenoxy) is 2. The third-order valence-corrected chi connectivity index (χ3v) is 2.02. The van der Waals surface area contributed by atoms with Crippen LogP contribution in [0, 0.1) is 0 Å². The second kappa shape index (κ2) is 6.97. The summed E-state index contributed by atoms with van der Waals surface area (Å²) >= 11 is 0. The molecule has 90 valence electrons. The Balaban J connectivity index is 2.21. The first-order chi connectivity index (χ1) is 7.75. The normalized spacial score (nSPS) is 10.6. The van der Waals surface area contributed by atoms with Crippen LogP contribution in [0.25, 0.3) is 0 Å². The third kappa shape index (κ3) is 4.00. The second-order valence-corrected chi connectivity index (χ2v) is 3.20. The van der Waals surface area contributed by atoms with Gasteiger partial charge in [-0.05, 0) is 12.5 Å². The minimum atomic E-state index is -0.975. The van der Waals surface area contributed by atoms with Crippen molar-refractivity contribution in [1.82, 2.24) is 9.78 Å². The van der Waals surface area contributed by atoms with Gasteiger partial charge in [0.05, 0.1) is 13.2 Å². The lowest BCUT2D eigenvalue weighted by atomic mass is 10.4. The molecule has 0 saturated heterocycles. The van der Waals surface area contributed by atoms with E-state index in [9.17, 15) is 4.79 Å². The van der Waals surface area contributed by atoms with Crippen molar-refractivity contribution >= 4 is 5.97 Å². The largest absolute Gasteiger partial charge is 0.477 e. The fourth-order valence-electron chi connectivity index (χ4n) is 1.25. The van der Waals surface area contributed by atoms with Crippen molar-refractivity contribution in [3.8, 4) is 0 Å². The van der Waals surface area contributed by atoms with Gasteiger partial charge in [0, 0.05) is 26.5 Å². The molecule has 1 rings (SSSR count). The lowest BCUT2D eigenvalue weighted by molar-refractivity contribution is 0.0674. The van der Waals surface area contributed by atoms with Gasteiger partial charge >= 0.3 is 5.97 Å². The maximum atomic E-state index is 10.7. The van der Waals surface area contributed by atoms with E-state index in [0.717, 1.165) is 6.42 Å². The Bertz CT molecular complexity index is 324. The summed E-state index contributed by atoms with van der Waals surface area (Å²) in [7, 11) is 1.64. The monoisotopic (exact) mass is 228 g/mol. The highest BCUT2D eigenvalue weighted by Crippen LogP contribution is 1.98. The van der Waals surface area contributed by atoms with E-state index in [0.29, 0.717) is 26.4 Å². The van der Waals surface area contributed by atoms with Gasteiger partial charge < -0.3 is 14.6 Å². The van der Waals surface area contributed by atoms with Crippen LogP contribution in [0.2, 0.25) is 0 Å². The first kappa shape index (κ1) is 12.7. The number of hydrogen-bond acceptors (Lipinski definition) is 4. The predicted molar refractivity (Wildman–Crippen MR) is 56.5 cm³/mol. The van der Waals surface area contributed by atoms with Gasteiger partial charge in [-0.15, -0.1) is 0 Å². The molecular weight excluding hydrogens is 212 g/mol. The number of carboxylic acids is 1. The van der Waals surface area contributed by atoms with E-state index in [1.807, 2.05) is 0 Å². The Morgan fingerprint density at radius 2 is 2.31 bits per heavy atom. The quantitative estimate of drug-likeness (QED) is 0.661. The topological polar surface area (TPSA) is 73.6 Å². The fraction of sp³-hybridized carbons (Fsp3) is 0.600. The molecule has 0 aliphatic carbocycles. The van der Waals surface area contributed by atoms with Crippen molar-refractivity contribution in [3.05, 3.63) is 18.0 Å². The predicted octanol–water partition coefficient (Wildman–Crippen LogP) is 0.634.